The Morgan fingerprint density at radius 1 is 1.10 bits per heavy atom. The number of nitrogens with zero attached hydrogens (tertiary/aromatic N) is 2. The minimum absolute atomic E-state index is 0.0526. The number of hydrogen-bond acceptors (Lipinski definition) is 5. The van der Waals surface area contributed by atoms with E-state index < -0.39 is 17.5 Å². The monoisotopic (exact) mass is 283 g/mol. The number of halogens is 3. The third-order valence-electron chi connectivity index (χ3n) is 2.36. The van der Waals surface area contributed by atoms with Crippen LogP contribution in [0, 0.1) is 17.5 Å². The Labute approximate surface area is 113 Å². The van der Waals surface area contributed by atoms with E-state index in [0.29, 0.717) is 18.4 Å². The fourth-order valence-electron chi connectivity index (χ4n) is 1.59. The number of nitrogens with one attached hydrogen (secondary N) is 2. The number of anilines is 4. The summed E-state index contributed by atoms with van der Waals surface area (Å²) in [5, 5.41) is 5.37. The molecule has 0 aliphatic heterocycles. The molecule has 0 amide bonds. The van der Waals surface area contributed by atoms with Crippen LogP contribution in [0.25, 0.3) is 0 Å². The maximum absolute atomic E-state index is 13.5. The van der Waals surface area contributed by atoms with E-state index in [4.69, 9.17) is 5.73 Å². The minimum atomic E-state index is -1.29. The van der Waals surface area contributed by atoms with Gasteiger partial charge in [-0.05, 0) is 6.92 Å². The minimum Gasteiger partial charge on any atom is -0.370 e. The molecule has 5 nitrogen and oxygen atoms in total. The molecule has 0 saturated heterocycles. The van der Waals surface area contributed by atoms with Crippen molar-refractivity contribution >= 4 is 23.3 Å². The quantitative estimate of drug-likeness (QED) is 0.752. The molecule has 0 fully saturated rings. The second kappa shape index (κ2) is 5.64. The summed E-state index contributed by atoms with van der Waals surface area (Å²) in [5.74, 6) is -2.91. The molecule has 8 heteroatoms. The molecule has 0 aliphatic carbocycles. The number of hydrogen-bond donors (Lipinski definition) is 3. The first-order valence-electron chi connectivity index (χ1n) is 5.79. The van der Waals surface area contributed by atoms with Gasteiger partial charge in [-0.25, -0.2) is 13.2 Å². The molecule has 0 atom stereocenters. The molecular formula is C12H12F3N5. The maximum Gasteiger partial charge on any atom is 0.223 e. The van der Waals surface area contributed by atoms with Crippen LogP contribution < -0.4 is 16.4 Å². The third kappa shape index (κ3) is 3.08. The smallest absolute Gasteiger partial charge is 0.223 e. The van der Waals surface area contributed by atoms with Crippen LogP contribution in [0.4, 0.5) is 36.4 Å². The average Bonchev–Trinajstić information content (AvgIpc) is 2.35. The summed E-state index contributed by atoms with van der Waals surface area (Å²) in [5.41, 5.74) is 5.12. The number of aromatic nitrogens is 2. The molecule has 0 bridgehead atoms. The van der Waals surface area contributed by atoms with E-state index in [2.05, 4.69) is 20.6 Å². The van der Waals surface area contributed by atoms with Crippen LogP contribution >= 0.6 is 0 Å². The lowest BCUT2D eigenvalue weighted by Crippen LogP contribution is -2.06. The van der Waals surface area contributed by atoms with Gasteiger partial charge >= 0.3 is 0 Å². The summed E-state index contributed by atoms with van der Waals surface area (Å²) in [7, 11) is 0. The van der Waals surface area contributed by atoms with Gasteiger partial charge in [0.1, 0.15) is 17.5 Å². The fraction of sp³-hybridized carbons (Fsp3) is 0.167. The fourth-order valence-corrected chi connectivity index (χ4v) is 1.59. The lowest BCUT2D eigenvalue weighted by atomic mass is 10.3. The Hall–Kier alpha value is -2.51. The zero-order valence-corrected chi connectivity index (χ0v) is 10.5. The number of benzene rings is 1. The topological polar surface area (TPSA) is 75.9 Å². The molecule has 0 unspecified atom stereocenters. The lowest BCUT2D eigenvalue weighted by molar-refractivity contribution is 0.498. The Kier molecular flexibility index (Phi) is 3.92. The van der Waals surface area contributed by atoms with E-state index in [-0.39, 0.29) is 17.5 Å². The van der Waals surface area contributed by atoms with Gasteiger partial charge in [0.25, 0.3) is 0 Å². The molecule has 2 aromatic rings. The Morgan fingerprint density at radius 2 is 1.80 bits per heavy atom. The van der Waals surface area contributed by atoms with Crippen molar-refractivity contribution in [1.29, 1.82) is 0 Å². The van der Waals surface area contributed by atoms with Gasteiger partial charge in [-0.2, -0.15) is 9.97 Å². The van der Waals surface area contributed by atoms with Crippen molar-refractivity contribution in [2.75, 3.05) is 22.9 Å². The standard InChI is InChI=1S/C12H12F3N5/c1-2-17-9-5-10(20-12(16)19-9)18-8-4-6(13)3-7(14)11(8)15/h3-5H,2H2,1H3,(H4,16,17,18,19,20). The number of rotatable bonds is 4. The highest BCUT2D eigenvalue weighted by atomic mass is 19.2. The zero-order chi connectivity index (χ0) is 14.7. The number of nitrogens with two attached hydrogens (primary N) is 1. The molecule has 0 radical (unpaired) electrons. The van der Waals surface area contributed by atoms with Crippen LogP contribution in [0.15, 0.2) is 18.2 Å². The predicted octanol–water partition coefficient (Wildman–Crippen LogP) is 2.65. The molecule has 4 N–H and O–H groups in total. The van der Waals surface area contributed by atoms with Gasteiger partial charge in [-0.15, -0.1) is 0 Å². The van der Waals surface area contributed by atoms with Crippen LogP contribution in [0.3, 0.4) is 0 Å². The van der Waals surface area contributed by atoms with E-state index in [9.17, 15) is 13.2 Å². The predicted molar refractivity (Wildman–Crippen MR) is 70.2 cm³/mol. The van der Waals surface area contributed by atoms with Crippen molar-refractivity contribution in [2.45, 2.75) is 6.92 Å². The summed E-state index contributed by atoms with van der Waals surface area (Å²) >= 11 is 0. The molecule has 20 heavy (non-hydrogen) atoms. The molecule has 1 heterocycles. The van der Waals surface area contributed by atoms with Gasteiger partial charge in [0.2, 0.25) is 5.95 Å². The van der Waals surface area contributed by atoms with E-state index in [1.807, 2.05) is 6.92 Å². The summed E-state index contributed by atoms with van der Waals surface area (Å²) in [6.45, 7) is 2.45. The van der Waals surface area contributed by atoms with Crippen LogP contribution in [-0.2, 0) is 0 Å². The van der Waals surface area contributed by atoms with Gasteiger partial charge < -0.3 is 16.4 Å². The average molecular weight is 283 g/mol. The molecule has 1 aromatic heterocycles. The SMILES string of the molecule is CCNc1cc(Nc2cc(F)cc(F)c2F)nc(N)n1. The normalized spacial score (nSPS) is 10.4. The molecule has 0 saturated carbocycles. The highest BCUT2D eigenvalue weighted by Crippen LogP contribution is 2.23. The molecular weight excluding hydrogens is 271 g/mol. The summed E-state index contributed by atoms with van der Waals surface area (Å²) in [6.07, 6.45) is 0. The van der Waals surface area contributed by atoms with Crippen molar-refractivity contribution < 1.29 is 13.2 Å². The van der Waals surface area contributed by atoms with E-state index in [1.54, 1.807) is 0 Å². The first-order chi connectivity index (χ1) is 9.49. The second-order valence-corrected chi connectivity index (χ2v) is 3.90. The van der Waals surface area contributed by atoms with Crippen molar-refractivity contribution in [3.8, 4) is 0 Å². The molecule has 1 aromatic carbocycles. The first kappa shape index (κ1) is 13.9. The van der Waals surface area contributed by atoms with Gasteiger partial charge in [0.15, 0.2) is 11.6 Å². The van der Waals surface area contributed by atoms with Gasteiger partial charge in [-0.3, -0.25) is 0 Å². The second-order valence-electron chi connectivity index (χ2n) is 3.90. The first-order valence-corrected chi connectivity index (χ1v) is 5.79. The Balaban J connectivity index is 2.34. The molecule has 0 spiro atoms. The van der Waals surface area contributed by atoms with E-state index in [0.717, 1.165) is 6.07 Å². The van der Waals surface area contributed by atoms with E-state index in [1.165, 1.54) is 6.07 Å². The Bertz CT molecular complexity index is 633. The van der Waals surface area contributed by atoms with Crippen LogP contribution in [-0.4, -0.2) is 16.5 Å². The molecule has 2 rings (SSSR count). The maximum atomic E-state index is 13.5. The summed E-state index contributed by atoms with van der Waals surface area (Å²) < 4.78 is 39.7. The highest BCUT2D eigenvalue weighted by Gasteiger charge is 2.12. The summed E-state index contributed by atoms with van der Waals surface area (Å²) in [4.78, 5) is 7.71. The van der Waals surface area contributed by atoms with Crippen molar-refractivity contribution in [3.63, 3.8) is 0 Å². The van der Waals surface area contributed by atoms with E-state index >= 15 is 0 Å². The summed E-state index contributed by atoms with van der Waals surface area (Å²) in [6, 6.07) is 2.73. The molecule has 106 valence electrons. The zero-order valence-electron chi connectivity index (χ0n) is 10.5. The lowest BCUT2D eigenvalue weighted by Gasteiger charge is -2.10. The van der Waals surface area contributed by atoms with Crippen LogP contribution in [0.2, 0.25) is 0 Å². The third-order valence-corrected chi connectivity index (χ3v) is 2.36. The van der Waals surface area contributed by atoms with Gasteiger partial charge in [0.05, 0.1) is 5.69 Å². The van der Waals surface area contributed by atoms with Crippen molar-refractivity contribution in [2.24, 2.45) is 0 Å². The Morgan fingerprint density at radius 3 is 2.50 bits per heavy atom. The van der Waals surface area contributed by atoms with Crippen LogP contribution in [0.5, 0.6) is 0 Å². The number of nitrogen functional groups attached to an aromatic ring is 1. The van der Waals surface area contributed by atoms with Gasteiger partial charge in [-0.1, -0.05) is 0 Å². The highest BCUT2D eigenvalue weighted by molar-refractivity contribution is 5.61. The van der Waals surface area contributed by atoms with Crippen LogP contribution in [0.1, 0.15) is 6.92 Å². The van der Waals surface area contributed by atoms with Crippen molar-refractivity contribution in [1.82, 2.24) is 9.97 Å². The molecule has 0 aliphatic rings. The van der Waals surface area contributed by atoms with Crippen molar-refractivity contribution in [3.05, 3.63) is 35.7 Å². The van der Waals surface area contributed by atoms with Gasteiger partial charge in [0, 0.05) is 24.7 Å². The largest absolute Gasteiger partial charge is 0.370 e.